The van der Waals surface area contributed by atoms with Crippen molar-refractivity contribution in [1.82, 2.24) is 0 Å². The van der Waals surface area contributed by atoms with Crippen molar-refractivity contribution in [2.24, 2.45) is 0 Å². The van der Waals surface area contributed by atoms with Crippen molar-refractivity contribution in [1.29, 1.82) is 0 Å². The quantitative estimate of drug-likeness (QED) is 0.211. The van der Waals surface area contributed by atoms with Gasteiger partial charge >= 0.3 is 11.9 Å². The monoisotopic (exact) mass is 324 g/mol. The number of carbonyl (C=O) groups excluding carboxylic acids is 3. The van der Waals surface area contributed by atoms with Gasteiger partial charge in [-0.15, -0.1) is 0 Å². The molecule has 0 aliphatic heterocycles. The molecule has 0 amide bonds. The molecular formula is C12H20O10. The molecule has 0 aliphatic carbocycles. The molecule has 0 aliphatic rings. The number of aliphatic hydroxyl groups excluding tert-OH is 5. The highest BCUT2D eigenvalue weighted by molar-refractivity contribution is 5.77. The molecular weight excluding hydrogens is 304 g/mol. The first-order valence-corrected chi connectivity index (χ1v) is 6.35. The van der Waals surface area contributed by atoms with E-state index in [1.165, 1.54) is 0 Å². The molecule has 0 bridgehead atoms. The fraction of sp³-hybridized carbons (Fsp3) is 0.750. The summed E-state index contributed by atoms with van der Waals surface area (Å²) >= 11 is 0. The molecule has 22 heavy (non-hydrogen) atoms. The zero-order valence-corrected chi connectivity index (χ0v) is 12.0. The molecule has 5 N–H and O–H groups in total. The van der Waals surface area contributed by atoms with Crippen LogP contribution in [0.1, 0.15) is 13.8 Å². The van der Waals surface area contributed by atoms with E-state index in [1.807, 2.05) is 0 Å². The van der Waals surface area contributed by atoms with E-state index in [0.717, 1.165) is 13.8 Å². The lowest BCUT2D eigenvalue weighted by atomic mass is 10.0. The first-order chi connectivity index (χ1) is 10.1. The molecule has 128 valence electrons. The van der Waals surface area contributed by atoms with Gasteiger partial charge < -0.3 is 35.0 Å². The summed E-state index contributed by atoms with van der Waals surface area (Å²) < 4.78 is 9.18. The maximum atomic E-state index is 11.4. The van der Waals surface area contributed by atoms with Crippen LogP contribution in [-0.4, -0.2) is 87.0 Å². The lowest BCUT2D eigenvalue weighted by Gasteiger charge is -2.29. The number of rotatable bonds is 9. The Balaban J connectivity index is 5.27. The van der Waals surface area contributed by atoms with Gasteiger partial charge in [0.25, 0.3) is 0 Å². The molecule has 0 heterocycles. The Kier molecular flexibility index (Phi) is 8.75. The van der Waals surface area contributed by atoms with Gasteiger partial charge in [-0.25, -0.2) is 9.59 Å². The molecule has 0 rings (SSSR count). The molecule has 0 fully saturated rings. The van der Waals surface area contributed by atoms with Crippen molar-refractivity contribution in [3.8, 4) is 0 Å². The van der Waals surface area contributed by atoms with E-state index in [4.69, 9.17) is 15.3 Å². The smallest absolute Gasteiger partial charge is 0.335 e. The summed E-state index contributed by atoms with van der Waals surface area (Å²) in [5, 5.41) is 46.0. The van der Waals surface area contributed by atoms with Gasteiger partial charge in [0, 0.05) is 0 Å². The van der Waals surface area contributed by atoms with Crippen LogP contribution in [0.25, 0.3) is 0 Å². The summed E-state index contributed by atoms with van der Waals surface area (Å²) in [5.74, 6) is -2.49. The van der Waals surface area contributed by atoms with Crippen LogP contribution in [0, 0.1) is 0 Å². The number of esters is 2. The number of aldehydes is 1. The SMILES string of the molecule is CC(O)C(=O)O[C@@H]([C@H](O)[C@H](O)CO)[C@H](C=O)OC(=O)C(C)O. The second-order valence-electron chi connectivity index (χ2n) is 4.53. The van der Waals surface area contributed by atoms with E-state index in [-0.39, 0.29) is 6.29 Å². The van der Waals surface area contributed by atoms with Crippen LogP contribution in [0.5, 0.6) is 0 Å². The number of hydrogen-bond donors (Lipinski definition) is 5. The Morgan fingerprint density at radius 1 is 1.00 bits per heavy atom. The second-order valence-corrected chi connectivity index (χ2v) is 4.53. The van der Waals surface area contributed by atoms with Crippen LogP contribution in [0.15, 0.2) is 0 Å². The Hall–Kier alpha value is -1.59. The van der Waals surface area contributed by atoms with Gasteiger partial charge in [-0.05, 0) is 13.8 Å². The minimum atomic E-state index is -1.98. The van der Waals surface area contributed by atoms with Crippen LogP contribution in [0.2, 0.25) is 0 Å². The van der Waals surface area contributed by atoms with Gasteiger partial charge in [-0.1, -0.05) is 0 Å². The maximum Gasteiger partial charge on any atom is 0.335 e. The van der Waals surface area contributed by atoms with E-state index in [1.54, 1.807) is 0 Å². The Morgan fingerprint density at radius 2 is 1.45 bits per heavy atom. The van der Waals surface area contributed by atoms with Gasteiger partial charge in [0.2, 0.25) is 0 Å². The number of ether oxygens (including phenoxy) is 2. The molecule has 0 spiro atoms. The predicted octanol–water partition coefficient (Wildman–Crippen LogP) is -3.52. The number of hydrogen-bond acceptors (Lipinski definition) is 10. The van der Waals surface area contributed by atoms with E-state index in [0.29, 0.717) is 0 Å². The molecule has 10 nitrogen and oxygen atoms in total. The summed E-state index contributed by atoms with van der Waals surface area (Å²) in [4.78, 5) is 33.7. The molecule has 2 unspecified atom stereocenters. The fourth-order valence-electron chi connectivity index (χ4n) is 1.30. The lowest BCUT2D eigenvalue weighted by molar-refractivity contribution is -0.192. The van der Waals surface area contributed by atoms with Crippen LogP contribution < -0.4 is 0 Å². The molecule has 0 saturated carbocycles. The highest BCUT2D eigenvalue weighted by Gasteiger charge is 2.39. The lowest BCUT2D eigenvalue weighted by Crippen LogP contribution is -2.51. The summed E-state index contributed by atoms with van der Waals surface area (Å²) in [6.07, 6.45) is -10.7. The van der Waals surface area contributed by atoms with Crippen LogP contribution >= 0.6 is 0 Å². The topological polar surface area (TPSA) is 171 Å². The third-order valence-electron chi connectivity index (χ3n) is 2.56. The Morgan fingerprint density at radius 3 is 1.82 bits per heavy atom. The van der Waals surface area contributed by atoms with Gasteiger partial charge in [0.05, 0.1) is 6.61 Å². The Labute approximate surface area is 125 Å². The summed E-state index contributed by atoms with van der Waals surface area (Å²) in [5.41, 5.74) is 0. The van der Waals surface area contributed by atoms with E-state index < -0.39 is 55.2 Å². The molecule has 0 aromatic rings. The average molecular weight is 324 g/mol. The van der Waals surface area contributed by atoms with Gasteiger partial charge in [-0.3, -0.25) is 4.79 Å². The number of carbonyl (C=O) groups is 3. The van der Waals surface area contributed by atoms with Crippen molar-refractivity contribution < 1.29 is 49.4 Å². The average Bonchev–Trinajstić information content (AvgIpc) is 2.48. The zero-order valence-electron chi connectivity index (χ0n) is 12.0. The summed E-state index contributed by atoms with van der Waals surface area (Å²) in [6.45, 7) is 1.17. The van der Waals surface area contributed by atoms with Crippen LogP contribution in [0.4, 0.5) is 0 Å². The predicted molar refractivity (Wildman–Crippen MR) is 68.3 cm³/mol. The minimum absolute atomic E-state index is 0.00752. The van der Waals surface area contributed by atoms with Crippen LogP contribution in [0.3, 0.4) is 0 Å². The van der Waals surface area contributed by atoms with E-state index in [9.17, 15) is 24.6 Å². The molecule has 0 saturated heterocycles. The highest BCUT2D eigenvalue weighted by Crippen LogP contribution is 2.13. The van der Waals surface area contributed by atoms with Crippen molar-refractivity contribution in [2.75, 3.05) is 6.61 Å². The third kappa shape index (κ3) is 6.03. The van der Waals surface area contributed by atoms with E-state index >= 15 is 0 Å². The largest absolute Gasteiger partial charge is 0.453 e. The highest BCUT2D eigenvalue weighted by atomic mass is 16.6. The minimum Gasteiger partial charge on any atom is -0.453 e. The maximum absolute atomic E-state index is 11.4. The normalized spacial score (nSPS) is 19.2. The van der Waals surface area contributed by atoms with Crippen molar-refractivity contribution in [3.05, 3.63) is 0 Å². The Bertz CT molecular complexity index is 380. The fourth-order valence-corrected chi connectivity index (χ4v) is 1.30. The van der Waals surface area contributed by atoms with Crippen molar-refractivity contribution >= 4 is 18.2 Å². The zero-order chi connectivity index (χ0) is 17.4. The van der Waals surface area contributed by atoms with E-state index in [2.05, 4.69) is 9.47 Å². The van der Waals surface area contributed by atoms with Crippen LogP contribution in [-0.2, 0) is 23.9 Å². The van der Waals surface area contributed by atoms with Crippen molar-refractivity contribution in [3.63, 3.8) is 0 Å². The van der Waals surface area contributed by atoms with Crippen molar-refractivity contribution in [2.45, 2.75) is 50.5 Å². The molecule has 0 aromatic carbocycles. The van der Waals surface area contributed by atoms with Gasteiger partial charge in [0.1, 0.15) is 24.4 Å². The molecule has 10 heteroatoms. The first-order valence-electron chi connectivity index (χ1n) is 6.35. The molecule has 0 radical (unpaired) electrons. The summed E-state index contributed by atoms with van der Waals surface area (Å²) in [6, 6.07) is 0. The standard InChI is InChI=1S/C12H20O10/c1-5(15)11(19)21-8(4-14)10(9(18)7(17)3-13)22-12(20)6(2)16/h4-10,13,15-18H,3H2,1-2H3/t5?,6?,7-,8+,9-,10-/m1/s1. The first kappa shape index (κ1) is 20.4. The molecule has 6 atom stereocenters. The van der Waals surface area contributed by atoms with Gasteiger partial charge in [-0.2, -0.15) is 0 Å². The summed E-state index contributed by atoms with van der Waals surface area (Å²) in [7, 11) is 0. The van der Waals surface area contributed by atoms with Gasteiger partial charge in [0.15, 0.2) is 18.5 Å². The second kappa shape index (κ2) is 9.43. The number of aliphatic hydroxyl groups is 5. The third-order valence-corrected chi connectivity index (χ3v) is 2.56. The molecule has 0 aromatic heterocycles.